The van der Waals surface area contributed by atoms with Crippen molar-refractivity contribution in [3.63, 3.8) is 0 Å². The zero-order valence-electron chi connectivity index (χ0n) is 17.4. The summed E-state index contributed by atoms with van der Waals surface area (Å²) < 4.78 is 8.21. The van der Waals surface area contributed by atoms with Gasteiger partial charge in [0.25, 0.3) is 5.91 Å². The van der Waals surface area contributed by atoms with E-state index in [1.165, 1.54) is 4.90 Å². The fourth-order valence-electron chi connectivity index (χ4n) is 3.29. The van der Waals surface area contributed by atoms with Gasteiger partial charge in [-0.25, -0.2) is 4.68 Å². The number of aliphatic carboxylic acids is 1. The fourth-order valence-corrected chi connectivity index (χ4v) is 5.13. The molecule has 168 valence electrons. The van der Waals surface area contributed by atoms with Crippen LogP contribution in [0.3, 0.4) is 0 Å². The molecule has 0 saturated carbocycles. The van der Waals surface area contributed by atoms with Gasteiger partial charge in [0.2, 0.25) is 0 Å². The summed E-state index contributed by atoms with van der Waals surface area (Å²) in [6, 6.07) is 15.3. The predicted octanol–water partition coefficient (Wildman–Crippen LogP) is 4.99. The number of benzene rings is 2. The van der Waals surface area contributed by atoms with Crippen LogP contribution in [0.5, 0.6) is 5.75 Å². The zero-order chi connectivity index (χ0) is 23.5. The molecule has 0 atom stereocenters. The number of carbonyl (C=O) groups is 2. The lowest BCUT2D eigenvalue weighted by molar-refractivity contribution is -0.137. The van der Waals surface area contributed by atoms with Crippen molar-refractivity contribution in [2.75, 3.05) is 13.7 Å². The van der Waals surface area contributed by atoms with Crippen molar-refractivity contribution in [2.24, 2.45) is 0 Å². The number of carbonyl (C=O) groups excluding carboxylic acids is 1. The third kappa shape index (κ3) is 5.02. The Morgan fingerprint density at radius 2 is 2.03 bits per heavy atom. The molecule has 1 fully saturated rings. The minimum Gasteiger partial charge on any atom is -0.496 e. The number of ether oxygens (including phenoxy) is 1. The molecular formula is C23H18BrN3O4S2. The maximum Gasteiger partial charge on any atom is 0.305 e. The van der Waals surface area contributed by atoms with Crippen LogP contribution < -0.4 is 4.74 Å². The molecule has 0 aliphatic carbocycles. The quantitative estimate of drug-likeness (QED) is 0.332. The molecule has 10 heteroatoms. The predicted molar refractivity (Wildman–Crippen MR) is 135 cm³/mol. The summed E-state index contributed by atoms with van der Waals surface area (Å²) in [6.07, 6.45) is 3.43. The first kappa shape index (κ1) is 23.2. The number of carboxylic acids is 1. The molecule has 0 unspecified atom stereocenters. The molecule has 1 aliphatic rings. The number of para-hydroxylation sites is 1. The standard InChI is InChI=1S/C23H18BrN3O4S2/c1-31-18-8-7-14(11-17(18)24)21-15(13-27(25-21)16-5-3-2-4-6-16)12-19-22(30)26(23(32)33-19)10-9-20(28)29/h2-8,11-13H,9-10H2,1H3,(H,28,29)/b19-12+. The van der Waals surface area contributed by atoms with Crippen LogP contribution >= 0.6 is 39.9 Å². The molecule has 0 bridgehead atoms. The first-order valence-corrected chi connectivity index (χ1v) is 11.9. The third-order valence-corrected chi connectivity index (χ3v) is 6.90. The molecule has 2 heterocycles. The molecular weight excluding hydrogens is 526 g/mol. The average Bonchev–Trinajstić information content (AvgIpc) is 3.33. The van der Waals surface area contributed by atoms with Crippen LogP contribution in [0.2, 0.25) is 0 Å². The summed E-state index contributed by atoms with van der Waals surface area (Å²) in [4.78, 5) is 25.6. The van der Waals surface area contributed by atoms with Crippen LogP contribution in [0.4, 0.5) is 0 Å². The van der Waals surface area contributed by atoms with Gasteiger partial charge in [0.1, 0.15) is 15.8 Å². The van der Waals surface area contributed by atoms with Gasteiger partial charge in [-0.1, -0.05) is 42.2 Å². The summed E-state index contributed by atoms with van der Waals surface area (Å²) in [6.45, 7) is 0.0406. The van der Waals surface area contributed by atoms with Crippen LogP contribution in [0, 0.1) is 0 Å². The number of carboxylic acid groups (broad SMARTS) is 1. The summed E-state index contributed by atoms with van der Waals surface area (Å²) >= 11 is 9.98. The lowest BCUT2D eigenvalue weighted by Gasteiger charge is -2.12. The molecule has 0 spiro atoms. The van der Waals surface area contributed by atoms with E-state index in [1.54, 1.807) is 17.9 Å². The summed E-state index contributed by atoms with van der Waals surface area (Å²) in [5.74, 6) is -0.591. The highest BCUT2D eigenvalue weighted by atomic mass is 79.9. The number of aromatic nitrogens is 2. The van der Waals surface area contributed by atoms with Gasteiger partial charge in [-0.05, 0) is 52.3 Å². The highest BCUT2D eigenvalue weighted by molar-refractivity contribution is 9.10. The van der Waals surface area contributed by atoms with Gasteiger partial charge in [0, 0.05) is 23.9 Å². The lowest BCUT2D eigenvalue weighted by atomic mass is 10.1. The SMILES string of the molecule is COc1ccc(-c2nn(-c3ccccc3)cc2/C=C2/SC(=S)N(CCC(=O)O)C2=O)cc1Br. The second-order valence-corrected chi connectivity index (χ2v) is 9.57. The summed E-state index contributed by atoms with van der Waals surface area (Å²) in [7, 11) is 1.60. The van der Waals surface area contributed by atoms with E-state index >= 15 is 0 Å². The van der Waals surface area contributed by atoms with E-state index in [-0.39, 0.29) is 18.9 Å². The van der Waals surface area contributed by atoms with Crippen molar-refractivity contribution in [1.82, 2.24) is 14.7 Å². The number of rotatable bonds is 7. The molecule has 33 heavy (non-hydrogen) atoms. The van der Waals surface area contributed by atoms with Crippen molar-refractivity contribution in [2.45, 2.75) is 6.42 Å². The highest BCUT2D eigenvalue weighted by Crippen LogP contribution is 2.36. The molecule has 4 rings (SSSR count). The van der Waals surface area contributed by atoms with Crippen LogP contribution in [-0.4, -0.2) is 49.6 Å². The second kappa shape index (κ2) is 9.90. The number of thiocarbonyl (C=S) groups is 1. The van der Waals surface area contributed by atoms with Gasteiger partial charge in [-0.15, -0.1) is 0 Å². The topological polar surface area (TPSA) is 84.7 Å². The third-order valence-electron chi connectivity index (χ3n) is 4.90. The molecule has 1 aliphatic heterocycles. The lowest BCUT2D eigenvalue weighted by Crippen LogP contribution is -2.30. The Labute approximate surface area is 208 Å². The monoisotopic (exact) mass is 543 g/mol. The Kier molecular flexibility index (Phi) is 6.96. The Hall–Kier alpha value is -2.95. The number of thioether (sulfide) groups is 1. The Balaban J connectivity index is 1.76. The highest BCUT2D eigenvalue weighted by Gasteiger charge is 2.32. The summed E-state index contributed by atoms with van der Waals surface area (Å²) in [5, 5.41) is 13.7. The van der Waals surface area contributed by atoms with Crippen LogP contribution in [0.25, 0.3) is 23.0 Å². The van der Waals surface area contributed by atoms with E-state index in [4.69, 9.17) is 27.2 Å². The zero-order valence-corrected chi connectivity index (χ0v) is 20.6. The van der Waals surface area contributed by atoms with E-state index in [0.29, 0.717) is 20.7 Å². The Bertz CT molecular complexity index is 1270. The van der Waals surface area contributed by atoms with E-state index in [2.05, 4.69) is 15.9 Å². The van der Waals surface area contributed by atoms with E-state index in [1.807, 2.05) is 54.7 Å². The van der Waals surface area contributed by atoms with Crippen molar-refractivity contribution >= 4 is 62.2 Å². The van der Waals surface area contributed by atoms with Gasteiger partial charge in [0.15, 0.2) is 0 Å². The van der Waals surface area contributed by atoms with Crippen LogP contribution in [0.15, 0.2) is 64.1 Å². The molecule has 1 aromatic heterocycles. The molecule has 2 aromatic carbocycles. The number of amides is 1. The van der Waals surface area contributed by atoms with Gasteiger partial charge in [0.05, 0.1) is 28.6 Å². The maximum atomic E-state index is 12.9. The smallest absolute Gasteiger partial charge is 0.305 e. The number of halogens is 1. The maximum absolute atomic E-state index is 12.9. The van der Waals surface area contributed by atoms with Gasteiger partial charge in [-0.3, -0.25) is 14.5 Å². The second-order valence-electron chi connectivity index (χ2n) is 7.04. The number of nitrogens with zero attached hydrogens (tertiary/aromatic N) is 3. The molecule has 3 aromatic rings. The van der Waals surface area contributed by atoms with E-state index in [9.17, 15) is 9.59 Å². The van der Waals surface area contributed by atoms with Gasteiger partial charge in [-0.2, -0.15) is 5.10 Å². The van der Waals surface area contributed by atoms with Crippen LogP contribution in [-0.2, 0) is 9.59 Å². The molecule has 7 nitrogen and oxygen atoms in total. The van der Waals surface area contributed by atoms with Crippen molar-refractivity contribution in [3.05, 3.63) is 69.7 Å². The molecule has 1 saturated heterocycles. The Morgan fingerprint density at radius 1 is 1.27 bits per heavy atom. The molecule has 1 amide bonds. The Morgan fingerprint density at radius 3 is 2.70 bits per heavy atom. The number of methoxy groups -OCH3 is 1. The number of hydrogen-bond donors (Lipinski definition) is 1. The minimum absolute atomic E-state index is 0.0406. The largest absolute Gasteiger partial charge is 0.496 e. The van der Waals surface area contributed by atoms with Crippen molar-refractivity contribution in [1.29, 1.82) is 0 Å². The van der Waals surface area contributed by atoms with Crippen molar-refractivity contribution < 1.29 is 19.4 Å². The number of hydrogen-bond acceptors (Lipinski definition) is 6. The molecule has 1 N–H and O–H groups in total. The fraction of sp³-hybridized carbons (Fsp3) is 0.130. The van der Waals surface area contributed by atoms with Gasteiger partial charge >= 0.3 is 5.97 Å². The average molecular weight is 544 g/mol. The van der Waals surface area contributed by atoms with E-state index in [0.717, 1.165) is 33.0 Å². The summed E-state index contributed by atoms with van der Waals surface area (Å²) in [5.41, 5.74) is 3.12. The van der Waals surface area contributed by atoms with Crippen LogP contribution in [0.1, 0.15) is 12.0 Å². The normalized spacial score (nSPS) is 14.8. The van der Waals surface area contributed by atoms with Crippen molar-refractivity contribution in [3.8, 4) is 22.7 Å². The van der Waals surface area contributed by atoms with E-state index < -0.39 is 5.97 Å². The minimum atomic E-state index is -0.982. The molecule has 0 radical (unpaired) electrons. The first-order valence-electron chi connectivity index (χ1n) is 9.83. The first-order chi connectivity index (χ1) is 15.9. The van der Waals surface area contributed by atoms with Gasteiger partial charge < -0.3 is 9.84 Å².